The van der Waals surface area contributed by atoms with Crippen LogP contribution < -0.4 is 15.4 Å². The third kappa shape index (κ3) is 5.02. The van der Waals surface area contributed by atoms with E-state index in [1.54, 1.807) is 14.2 Å². The number of hydrogen-bond acceptors (Lipinski definition) is 3. The summed E-state index contributed by atoms with van der Waals surface area (Å²) in [5.74, 6) is 0.763. The molecule has 0 spiro atoms. The molecule has 0 radical (unpaired) electrons. The fourth-order valence-corrected chi connectivity index (χ4v) is 2.16. The van der Waals surface area contributed by atoms with Crippen LogP contribution in [0.3, 0.4) is 0 Å². The van der Waals surface area contributed by atoms with Gasteiger partial charge in [-0.2, -0.15) is 0 Å². The van der Waals surface area contributed by atoms with E-state index >= 15 is 0 Å². The summed E-state index contributed by atoms with van der Waals surface area (Å²) in [4.78, 5) is 11.7. The largest absolute Gasteiger partial charge is 0.496 e. The van der Waals surface area contributed by atoms with E-state index in [0.29, 0.717) is 6.54 Å². The van der Waals surface area contributed by atoms with Gasteiger partial charge in [0.1, 0.15) is 5.75 Å². The van der Waals surface area contributed by atoms with Crippen molar-refractivity contribution in [2.24, 2.45) is 0 Å². The van der Waals surface area contributed by atoms with Crippen LogP contribution in [0.5, 0.6) is 5.75 Å². The first-order valence-electron chi connectivity index (χ1n) is 6.38. The zero-order valence-corrected chi connectivity index (χ0v) is 13.8. The van der Waals surface area contributed by atoms with Gasteiger partial charge in [0.2, 0.25) is 0 Å². The maximum absolute atomic E-state index is 11.7. The molecule has 1 aromatic rings. The molecule has 1 aromatic carbocycles. The van der Waals surface area contributed by atoms with Crippen molar-refractivity contribution in [2.75, 3.05) is 20.8 Å². The lowest BCUT2D eigenvalue weighted by Crippen LogP contribution is -2.40. The van der Waals surface area contributed by atoms with Gasteiger partial charge in [0.15, 0.2) is 0 Å². The number of ether oxygens (including phenoxy) is 2. The number of halogens is 1. The number of urea groups is 1. The molecule has 5 nitrogen and oxygen atoms in total. The molecule has 2 N–H and O–H groups in total. The zero-order chi connectivity index (χ0) is 15.1. The second-order valence-electron chi connectivity index (χ2n) is 4.52. The van der Waals surface area contributed by atoms with Gasteiger partial charge in [-0.15, -0.1) is 0 Å². The summed E-state index contributed by atoms with van der Waals surface area (Å²) in [5, 5.41) is 5.63. The molecule has 0 heterocycles. The molecule has 2 amide bonds. The molecule has 0 aromatic heterocycles. The van der Waals surface area contributed by atoms with Crippen molar-refractivity contribution in [1.82, 2.24) is 10.6 Å². The lowest BCUT2D eigenvalue weighted by atomic mass is 10.1. The average Bonchev–Trinajstić information content (AvgIpc) is 2.44. The van der Waals surface area contributed by atoms with Crippen LogP contribution in [-0.2, 0) is 4.74 Å². The molecule has 20 heavy (non-hydrogen) atoms. The van der Waals surface area contributed by atoms with Crippen molar-refractivity contribution < 1.29 is 14.3 Å². The van der Waals surface area contributed by atoms with Gasteiger partial charge < -0.3 is 20.1 Å². The van der Waals surface area contributed by atoms with Gasteiger partial charge in [-0.05, 0) is 47.5 Å². The van der Waals surface area contributed by atoms with Crippen molar-refractivity contribution in [3.8, 4) is 5.75 Å². The second-order valence-corrected chi connectivity index (χ2v) is 5.37. The van der Waals surface area contributed by atoms with Crippen LogP contribution in [0.1, 0.15) is 25.5 Å². The number of methoxy groups -OCH3 is 2. The van der Waals surface area contributed by atoms with Crippen molar-refractivity contribution in [2.45, 2.75) is 26.0 Å². The topological polar surface area (TPSA) is 59.6 Å². The van der Waals surface area contributed by atoms with Crippen LogP contribution in [0.4, 0.5) is 4.79 Å². The van der Waals surface area contributed by atoms with Gasteiger partial charge in [-0.25, -0.2) is 4.79 Å². The summed E-state index contributed by atoms with van der Waals surface area (Å²) in [7, 11) is 3.23. The highest BCUT2D eigenvalue weighted by atomic mass is 79.9. The Morgan fingerprint density at radius 1 is 1.35 bits per heavy atom. The van der Waals surface area contributed by atoms with E-state index in [1.807, 2.05) is 32.0 Å². The highest BCUT2D eigenvalue weighted by Gasteiger charge is 2.11. The van der Waals surface area contributed by atoms with Gasteiger partial charge in [0, 0.05) is 13.7 Å². The van der Waals surface area contributed by atoms with Crippen LogP contribution >= 0.6 is 15.9 Å². The molecule has 6 heteroatoms. The smallest absolute Gasteiger partial charge is 0.315 e. The first-order chi connectivity index (χ1) is 9.47. The maximum Gasteiger partial charge on any atom is 0.315 e. The Hall–Kier alpha value is -1.27. The summed E-state index contributed by atoms with van der Waals surface area (Å²) in [6.45, 7) is 4.29. The summed E-state index contributed by atoms with van der Waals surface area (Å²) < 4.78 is 11.1. The number of benzene rings is 1. The van der Waals surface area contributed by atoms with Crippen LogP contribution in [-0.4, -0.2) is 32.9 Å². The summed E-state index contributed by atoms with van der Waals surface area (Å²) >= 11 is 3.43. The van der Waals surface area contributed by atoms with E-state index in [1.165, 1.54) is 0 Å². The first-order valence-corrected chi connectivity index (χ1v) is 7.17. The van der Waals surface area contributed by atoms with Gasteiger partial charge in [-0.3, -0.25) is 0 Å². The Morgan fingerprint density at radius 3 is 2.60 bits per heavy atom. The van der Waals surface area contributed by atoms with Crippen molar-refractivity contribution in [3.05, 3.63) is 28.2 Å². The molecule has 1 rings (SSSR count). The Labute approximate surface area is 128 Å². The number of carbonyl (C=O) groups excluding carboxylic acids is 1. The summed E-state index contributed by atoms with van der Waals surface area (Å²) in [6, 6.07) is 5.40. The number of carbonyl (C=O) groups is 1. The van der Waals surface area contributed by atoms with Crippen LogP contribution in [0.25, 0.3) is 0 Å². The van der Waals surface area contributed by atoms with Gasteiger partial charge in [-0.1, -0.05) is 6.07 Å². The molecule has 0 saturated heterocycles. The molecule has 0 unspecified atom stereocenters. The number of rotatable bonds is 6. The molecule has 0 aliphatic rings. The van der Waals surface area contributed by atoms with Crippen LogP contribution in [0.2, 0.25) is 0 Å². The summed E-state index contributed by atoms with van der Waals surface area (Å²) in [5.41, 5.74) is 0.993. The molecule has 0 aliphatic heterocycles. The quantitative estimate of drug-likeness (QED) is 0.834. The highest BCUT2D eigenvalue weighted by molar-refractivity contribution is 9.10. The van der Waals surface area contributed by atoms with Crippen LogP contribution in [0.15, 0.2) is 22.7 Å². The van der Waals surface area contributed by atoms with Crippen LogP contribution in [0, 0.1) is 0 Å². The minimum Gasteiger partial charge on any atom is -0.496 e. The number of amides is 2. The molecular weight excluding hydrogens is 324 g/mol. The molecule has 0 aliphatic carbocycles. The van der Waals surface area contributed by atoms with Crippen molar-refractivity contribution in [1.29, 1.82) is 0 Å². The fourth-order valence-electron chi connectivity index (χ4n) is 1.60. The van der Waals surface area contributed by atoms with Gasteiger partial charge >= 0.3 is 6.03 Å². The Bertz CT molecular complexity index is 454. The molecule has 0 bridgehead atoms. The van der Waals surface area contributed by atoms with E-state index in [0.717, 1.165) is 15.8 Å². The third-order valence-corrected chi connectivity index (χ3v) is 3.60. The highest BCUT2D eigenvalue weighted by Crippen LogP contribution is 2.27. The van der Waals surface area contributed by atoms with E-state index < -0.39 is 0 Å². The average molecular weight is 345 g/mol. The van der Waals surface area contributed by atoms with Crippen molar-refractivity contribution in [3.63, 3.8) is 0 Å². The minimum absolute atomic E-state index is 0.00816. The Morgan fingerprint density at radius 2 is 2.05 bits per heavy atom. The molecule has 112 valence electrons. The zero-order valence-electron chi connectivity index (χ0n) is 12.2. The first kappa shape index (κ1) is 16.8. The van der Waals surface area contributed by atoms with E-state index in [4.69, 9.17) is 9.47 Å². The molecule has 0 fully saturated rings. The van der Waals surface area contributed by atoms with E-state index in [9.17, 15) is 4.79 Å². The third-order valence-electron chi connectivity index (χ3n) is 2.98. The summed E-state index contributed by atoms with van der Waals surface area (Å²) in [6.07, 6.45) is -0.00816. The maximum atomic E-state index is 11.7. The minimum atomic E-state index is -0.214. The SMILES string of the molecule is COc1ccc([C@H](C)NC(=O)NC[C@@H](C)OC)cc1Br. The predicted molar refractivity (Wildman–Crippen MR) is 82.1 cm³/mol. The van der Waals surface area contributed by atoms with Crippen molar-refractivity contribution >= 4 is 22.0 Å². The number of hydrogen-bond donors (Lipinski definition) is 2. The molecule has 2 atom stereocenters. The predicted octanol–water partition coefficient (Wildman–Crippen LogP) is 2.85. The normalized spacial score (nSPS) is 13.4. The monoisotopic (exact) mass is 344 g/mol. The Kier molecular flexibility index (Phi) is 6.81. The second kappa shape index (κ2) is 8.11. The Balaban J connectivity index is 2.55. The fraction of sp³-hybridized carbons (Fsp3) is 0.500. The van der Waals surface area contributed by atoms with E-state index in [-0.39, 0.29) is 18.2 Å². The molecular formula is C14H21BrN2O3. The standard InChI is InChI=1S/C14H21BrN2O3/c1-9(19-3)8-16-14(18)17-10(2)11-5-6-13(20-4)12(15)7-11/h5-7,9-10H,8H2,1-4H3,(H2,16,17,18)/t9-,10+/m1/s1. The number of nitrogens with one attached hydrogen (secondary N) is 2. The van der Waals surface area contributed by atoms with Gasteiger partial charge in [0.25, 0.3) is 0 Å². The van der Waals surface area contributed by atoms with Gasteiger partial charge in [0.05, 0.1) is 23.7 Å². The lowest BCUT2D eigenvalue weighted by Gasteiger charge is -2.17. The lowest BCUT2D eigenvalue weighted by molar-refractivity contribution is 0.118. The van der Waals surface area contributed by atoms with E-state index in [2.05, 4.69) is 26.6 Å². The molecule has 0 saturated carbocycles.